The Labute approximate surface area is 288 Å². The van der Waals surface area contributed by atoms with E-state index in [9.17, 15) is 4.79 Å². The molecule has 0 aliphatic carbocycles. The van der Waals surface area contributed by atoms with E-state index in [2.05, 4.69) is 0 Å². The van der Waals surface area contributed by atoms with Gasteiger partial charge in [-0.1, -0.05) is 96.0 Å². The van der Waals surface area contributed by atoms with Gasteiger partial charge >= 0.3 is 0 Å². The molecule has 236 valence electrons. The SMILES string of the molecule is CCOc1cc(COc2c(Cl)cc(/C=C3/SC(=Nc4ccccc4)N(c4ccccc4)C3=O)cc2Cl)ccc1OCc1ccccc1. The summed E-state index contributed by atoms with van der Waals surface area (Å²) in [5.41, 5.74) is 4.07. The summed E-state index contributed by atoms with van der Waals surface area (Å²) in [5, 5.41) is 1.20. The highest BCUT2D eigenvalue weighted by Gasteiger charge is 2.34. The topological polar surface area (TPSA) is 60.4 Å². The van der Waals surface area contributed by atoms with Gasteiger partial charge in [-0.05, 0) is 90.0 Å². The van der Waals surface area contributed by atoms with Gasteiger partial charge in [0.2, 0.25) is 0 Å². The molecule has 0 atom stereocenters. The van der Waals surface area contributed by atoms with Crippen molar-refractivity contribution in [3.63, 3.8) is 0 Å². The van der Waals surface area contributed by atoms with Crippen LogP contribution in [0.15, 0.2) is 131 Å². The highest BCUT2D eigenvalue weighted by atomic mass is 35.5. The summed E-state index contributed by atoms with van der Waals surface area (Å²) in [7, 11) is 0. The molecule has 0 radical (unpaired) electrons. The number of hydrogen-bond donors (Lipinski definition) is 0. The van der Waals surface area contributed by atoms with Gasteiger partial charge in [0.1, 0.15) is 13.2 Å². The highest BCUT2D eigenvalue weighted by Crippen LogP contribution is 2.40. The van der Waals surface area contributed by atoms with E-state index < -0.39 is 0 Å². The summed E-state index contributed by atoms with van der Waals surface area (Å²) in [6.07, 6.45) is 1.76. The number of amides is 1. The molecule has 0 N–H and O–H groups in total. The normalized spacial score (nSPS) is 14.5. The predicted molar refractivity (Wildman–Crippen MR) is 192 cm³/mol. The van der Waals surface area contributed by atoms with Gasteiger partial charge < -0.3 is 14.2 Å². The van der Waals surface area contributed by atoms with Crippen LogP contribution < -0.4 is 19.1 Å². The fraction of sp³-hybridized carbons (Fsp3) is 0.105. The molecule has 5 aromatic carbocycles. The van der Waals surface area contributed by atoms with E-state index in [1.54, 1.807) is 23.1 Å². The molecule has 1 saturated heterocycles. The van der Waals surface area contributed by atoms with E-state index in [0.29, 0.717) is 56.1 Å². The molecule has 9 heteroatoms. The third kappa shape index (κ3) is 8.00. The summed E-state index contributed by atoms with van der Waals surface area (Å²) in [6, 6.07) is 38.1. The molecule has 1 heterocycles. The Hall–Kier alpha value is -4.69. The first-order valence-electron chi connectivity index (χ1n) is 15.0. The summed E-state index contributed by atoms with van der Waals surface area (Å²) < 4.78 is 18.0. The zero-order chi connectivity index (χ0) is 32.6. The molecule has 1 aliphatic rings. The highest BCUT2D eigenvalue weighted by molar-refractivity contribution is 8.19. The van der Waals surface area contributed by atoms with E-state index in [1.807, 2.05) is 116 Å². The average molecular weight is 682 g/mol. The predicted octanol–water partition coefficient (Wildman–Crippen LogP) is 10.4. The number of ether oxygens (including phenoxy) is 3. The van der Waals surface area contributed by atoms with Crippen molar-refractivity contribution in [3.05, 3.63) is 153 Å². The molecule has 6 nitrogen and oxygen atoms in total. The van der Waals surface area contributed by atoms with Gasteiger partial charge in [0.05, 0.1) is 32.9 Å². The van der Waals surface area contributed by atoms with Gasteiger partial charge in [-0.2, -0.15) is 0 Å². The molecular weight excluding hydrogens is 651 g/mol. The Bertz CT molecular complexity index is 1900. The Morgan fingerprint density at radius 2 is 1.36 bits per heavy atom. The van der Waals surface area contributed by atoms with Gasteiger partial charge in [-0.25, -0.2) is 4.99 Å². The number of hydrogen-bond acceptors (Lipinski definition) is 6. The molecule has 0 spiro atoms. The number of carbonyl (C=O) groups is 1. The van der Waals surface area contributed by atoms with Crippen LogP contribution >= 0.6 is 35.0 Å². The lowest BCUT2D eigenvalue weighted by molar-refractivity contribution is -0.113. The number of aliphatic imine (C=N–C) groups is 1. The van der Waals surface area contributed by atoms with Crippen LogP contribution in [0.1, 0.15) is 23.6 Å². The van der Waals surface area contributed by atoms with E-state index in [-0.39, 0.29) is 12.5 Å². The Morgan fingerprint density at radius 3 is 2.04 bits per heavy atom. The van der Waals surface area contributed by atoms with E-state index in [1.165, 1.54) is 11.8 Å². The largest absolute Gasteiger partial charge is 0.490 e. The Kier molecular flexibility index (Phi) is 10.5. The van der Waals surface area contributed by atoms with Crippen molar-refractivity contribution in [3.8, 4) is 17.2 Å². The lowest BCUT2D eigenvalue weighted by Crippen LogP contribution is -2.28. The monoisotopic (exact) mass is 680 g/mol. The Morgan fingerprint density at radius 1 is 0.723 bits per heavy atom. The Balaban J connectivity index is 1.19. The minimum atomic E-state index is -0.190. The van der Waals surface area contributed by atoms with Crippen LogP contribution in [-0.4, -0.2) is 17.7 Å². The van der Waals surface area contributed by atoms with E-state index in [0.717, 1.165) is 22.5 Å². The fourth-order valence-electron chi connectivity index (χ4n) is 4.84. The van der Waals surface area contributed by atoms with Crippen molar-refractivity contribution in [1.29, 1.82) is 0 Å². The fourth-order valence-corrected chi connectivity index (χ4v) is 6.45. The van der Waals surface area contributed by atoms with Crippen molar-refractivity contribution in [1.82, 2.24) is 0 Å². The number of rotatable bonds is 11. The van der Waals surface area contributed by atoms with Gasteiger partial charge in [-0.15, -0.1) is 0 Å². The maximum absolute atomic E-state index is 13.7. The zero-order valence-corrected chi connectivity index (χ0v) is 27.8. The maximum atomic E-state index is 13.7. The lowest BCUT2D eigenvalue weighted by Gasteiger charge is -2.15. The molecule has 1 fully saturated rings. The number of amidine groups is 1. The number of benzene rings is 5. The summed E-state index contributed by atoms with van der Waals surface area (Å²) in [4.78, 5) is 20.5. The first-order chi connectivity index (χ1) is 23.0. The van der Waals surface area contributed by atoms with Crippen LogP contribution in [0.4, 0.5) is 11.4 Å². The second kappa shape index (κ2) is 15.3. The second-order valence-corrected chi connectivity index (χ2v) is 12.2. The van der Waals surface area contributed by atoms with E-state index in [4.69, 9.17) is 42.4 Å². The van der Waals surface area contributed by atoms with Gasteiger partial charge in [0, 0.05) is 0 Å². The van der Waals surface area contributed by atoms with Crippen molar-refractivity contribution < 1.29 is 19.0 Å². The number of nitrogens with zero attached hydrogens (tertiary/aromatic N) is 2. The van der Waals surface area contributed by atoms with Crippen LogP contribution in [0, 0.1) is 0 Å². The molecule has 1 amide bonds. The summed E-state index contributed by atoms with van der Waals surface area (Å²) >= 11 is 14.7. The zero-order valence-electron chi connectivity index (χ0n) is 25.4. The maximum Gasteiger partial charge on any atom is 0.271 e. The second-order valence-electron chi connectivity index (χ2n) is 10.4. The molecule has 1 aliphatic heterocycles. The molecular formula is C38H30Cl2N2O4S. The quantitative estimate of drug-likeness (QED) is 0.130. The summed E-state index contributed by atoms with van der Waals surface area (Å²) in [6.45, 7) is 3.05. The molecule has 0 aromatic heterocycles. The van der Waals surface area contributed by atoms with Crippen LogP contribution in [0.3, 0.4) is 0 Å². The van der Waals surface area contributed by atoms with Crippen molar-refractivity contribution >= 4 is 63.5 Å². The molecule has 0 saturated carbocycles. The van der Waals surface area contributed by atoms with Crippen LogP contribution in [0.5, 0.6) is 17.2 Å². The average Bonchev–Trinajstić information content (AvgIpc) is 3.38. The number of carbonyl (C=O) groups excluding carboxylic acids is 1. The van der Waals surface area contributed by atoms with Crippen molar-refractivity contribution in [2.45, 2.75) is 20.1 Å². The lowest BCUT2D eigenvalue weighted by atomic mass is 10.2. The third-order valence-electron chi connectivity index (χ3n) is 7.05. The first-order valence-corrected chi connectivity index (χ1v) is 16.5. The number of para-hydroxylation sites is 2. The minimum absolute atomic E-state index is 0.190. The molecule has 0 unspecified atom stereocenters. The van der Waals surface area contributed by atoms with Crippen molar-refractivity contribution in [2.24, 2.45) is 4.99 Å². The first kappa shape index (κ1) is 32.3. The molecule has 0 bridgehead atoms. The third-order valence-corrected chi connectivity index (χ3v) is 8.58. The van der Waals surface area contributed by atoms with Crippen LogP contribution in [-0.2, 0) is 18.0 Å². The molecule has 47 heavy (non-hydrogen) atoms. The van der Waals surface area contributed by atoms with Crippen LogP contribution in [0.25, 0.3) is 6.08 Å². The smallest absolute Gasteiger partial charge is 0.271 e. The molecule has 5 aromatic rings. The van der Waals surface area contributed by atoms with Gasteiger partial charge in [0.25, 0.3) is 5.91 Å². The summed E-state index contributed by atoms with van der Waals surface area (Å²) in [5.74, 6) is 1.43. The van der Waals surface area contributed by atoms with Crippen molar-refractivity contribution in [2.75, 3.05) is 11.5 Å². The molecule has 6 rings (SSSR count). The number of halogens is 2. The number of anilines is 1. The standard InChI is InChI=1S/C38H30Cl2N2O4S/c1-2-44-34-22-27(18-19-33(34)45-24-26-12-6-3-7-13-26)25-46-36-31(39)20-28(21-32(36)40)23-35-37(43)42(30-16-10-5-11-17-30)38(47-35)41-29-14-8-4-9-15-29/h3-23H,2,24-25H2,1H3/b35-23+,41-38?. The van der Waals surface area contributed by atoms with E-state index >= 15 is 0 Å². The van der Waals surface area contributed by atoms with Gasteiger partial charge in [-0.3, -0.25) is 9.69 Å². The number of thioether (sulfide) groups is 1. The van der Waals surface area contributed by atoms with Gasteiger partial charge in [0.15, 0.2) is 22.4 Å². The van der Waals surface area contributed by atoms with Crippen LogP contribution in [0.2, 0.25) is 10.0 Å². The minimum Gasteiger partial charge on any atom is -0.490 e.